The van der Waals surface area contributed by atoms with Gasteiger partial charge in [0.2, 0.25) is 5.91 Å². The summed E-state index contributed by atoms with van der Waals surface area (Å²) < 4.78 is 0. The van der Waals surface area contributed by atoms with Gasteiger partial charge in [-0.1, -0.05) is 0 Å². The van der Waals surface area contributed by atoms with Crippen LogP contribution in [0.4, 0.5) is 5.69 Å². The van der Waals surface area contributed by atoms with Crippen molar-refractivity contribution in [3.63, 3.8) is 0 Å². The van der Waals surface area contributed by atoms with Gasteiger partial charge in [0.15, 0.2) is 5.69 Å². The molecule has 6 heteroatoms. The standard InChI is InChI=1S/C11H13N3O3/c12-5-7-4-9(15)14(6-7)8-2-1-3-13-10(8)11(16)17/h1-3,7H,4-6,12H2,(H,16,17). The molecule has 3 N–H and O–H groups in total. The number of carboxylic acid groups (broad SMARTS) is 1. The van der Waals surface area contributed by atoms with Gasteiger partial charge in [-0.2, -0.15) is 0 Å². The predicted octanol–water partition coefficient (Wildman–Crippen LogP) is 0.0914. The number of carboxylic acids is 1. The van der Waals surface area contributed by atoms with Gasteiger partial charge in [-0.25, -0.2) is 9.78 Å². The van der Waals surface area contributed by atoms with Crippen LogP contribution in [0, 0.1) is 5.92 Å². The fourth-order valence-electron chi connectivity index (χ4n) is 1.95. The molecular weight excluding hydrogens is 222 g/mol. The lowest BCUT2D eigenvalue weighted by Crippen LogP contribution is -2.27. The number of aromatic nitrogens is 1. The van der Waals surface area contributed by atoms with E-state index >= 15 is 0 Å². The summed E-state index contributed by atoms with van der Waals surface area (Å²) >= 11 is 0. The molecule has 90 valence electrons. The molecule has 17 heavy (non-hydrogen) atoms. The second-order valence-electron chi connectivity index (χ2n) is 3.99. The van der Waals surface area contributed by atoms with E-state index in [1.165, 1.54) is 11.1 Å². The van der Waals surface area contributed by atoms with Gasteiger partial charge in [-0.3, -0.25) is 4.79 Å². The molecule has 1 saturated heterocycles. The smallest absolute Gasteiger partial charge is 0.356 e. The van der Waals surface area contributed by atoms with Crippen molar-refractivity contribution in [1.82, 2.24) is 4.98 Å². The van der Waals surface area contributed by atoms with Crippen LogP contribution in [0.15, 0.2) is 18.3 Å². The Morgan fingerprint density at radius 1 is 1.65 bits per heavy atom. The van der Waals surface area contributed by atoms with Crippen molar-refractivity contribution >= 4 is 17.6 Å². The Morgan fingerprint density at radius 3 is 3.00 bits per heavy atom. The largest absolute Gasteiger partial charge is 0.476 e. The Balaban J connectivity index is 2.35. The molecule has 1 aromatic heterocycles. The summed E-state index contributed by atoms with van der Waals surface area (Å²) in [6, 6.07) is 3.21. The molecule has 2 heterocycles. The zero-order valence-corrected chi connectivity index (χ0v) is 9.17. The van der Waals surface area contributed by atoms with Crippen LogP contribution < -0.4 is 10.6 Å². The number of nitrogens with two attached hydrogens (primary N) is 1. The molecular formula is C11H13N3O3. The molecule has 1 aromatic rings. The minimum Gasteiger partial charge on any atom is -0.476 e. The van der Waals surface area contributed by atoms with Crippen LogP contribution in [-0.4, -0.2) is 35.1 Å². The van der Waals surface area contributed by atoms with Crippen molar-refractivity contribution in [2.45, 2.75) is 6.42 Å². The quantitative estimate of drug-likeness (QED) is 0.774. The average Bonchev–Trinajstić information content (AvgIpc) is 2.70. The number of nitrogens with zero attached hydrogens (tertiary/aromatic N) is 2. The van der Waals surface area contributed by atoms with Crippen LogP contribution in [-0.2, 0) is 4.79 Å². The number of amides is 1. The third-order valence-electron chi connectivity index (χ3n) is 2.82. The summed E-state index contributed by atoms with van der Waals surface area (Å²) in [6.45, 7) is 0.881. The summed E-state index contributed by atoms with van der Waals surface area (Å²) in [6.07, 6.45) is 1.76. The highest BCUT2D eigenvalue weighted by atomic mass is 16.4. The molecule has 1 amide bonds. The highest BCUT2D eigenvalue weighted by Crippen LogP contribution is 2.26. The third-order valence-corrected chi connectivity index (χ3v) is 2.82. The Labute approximate surface area is 98.1 Å². The van der Waals surface area contributed by atoms with Crippen LogP contribution in [0.1, 0.15) is 16.9 Å². The van der Waals surface area contributed by atoms with Gasteiger partial charge in [0, 0.05) is 19.2 Å². The van der Waals surface area contributed by atoms with E-state index in [0.29, 0.717) is 25.2 Å². The van der Waals surface area contributed by atoms with E-state index in [0.717, 1.165) is 0 Å². The van der Waals surface area contributed by atoms with Crippen molar-refractivity contribution in [2.75, 3.05) is 18.0 Å². The van der Waals surface area contributed by atoms with Gasteiger partial charge in [0.1, 0.15) is 0 Å². The van der Waals surface area contributed by atoms with Crippen LogP contribution in [0.2, 0.25) is 0 Å². The second-order valence-corrected chi connectivity index (χ2v) is 3.99. The first-order chi connectivity index (χ1) is 8.13. The maximum Gasteiger partial charge on any atom is 0.356 e. The SMILES string of the molecule is NCC1CC(=O)N(c2cccnc2C(=O)O)C1. The molecule has 6 nitrogen and oxygen atoms in total. The number of carbonyl (C=O) groups excluding carboxylic acids is 1. The van der Waals surface area contributed by atoms with E-state index in [-0.39, 0.29) is 17.5 Å². The molecule has 1 fully saturated rings. The number of hydrogen-bond acceptors (Lipinski definition) is 4. The molecule has 0 bridgehead atoms. The van der Waals surface area contributed by atoms with Gasteiger partial charge in [0.05, 0.1) is 5.69 Å². The molecule has 1 unspecified atom stereocenters. The molecule has 1 atom stereocenters. The minimum atomic E-state index is -1.13. The lowest BCUT2D eigenvalue weighted by molar-refractivity contribution is -0.117. The van der Waals surface area contributed by atoms with Crippen molar-refractivity contribution in [2.24, 2.45) is 11.7 Å². The molecule has 0 aliphatic carbocycles. The second kappa shape index (κ2) is 4.50. The number of rotatable bonds is 3. The molecule has 0 radical (unpaired) electrons. The van der Waals surface area contributed by atoms with Crippen molar-refractivity contribution in [1.29, 1.82) is 0 Å². The first-order valence-corrected chi connectivity index (χ1v) is 5.32. The number of carbonyl (C=O) groups is 2. The lowest BCUT2D eigenvalue weighted by atomic mass is 10.1. The van der Waals surface area contributed by atoms with Crippen molar-refractivity contribution in [3.8, 4) is 0 Å². The topological polar surface area (TPSA) is 96.5 Å². The van der Waals surface area contributed by atoms with Gasteiger partial charge >= 0.3 is 5.97 Å². The van der Waals surface area contributed by atoms with Gasteiger partial charge in [-0.05, 0) is 24.6 Å². The molecule has 1 aliphatic heterocycles. The average molecular weight is 235 g/mol. The van der Waals surface area contributed by atoms with E-state index in [1.54, 1.807) is 12.1 Å². The van der Waals surface area contributed by atoms with Gasteiger partial charge < -0.3 is 15.7 Å². The first-order valence-electron chi connectivity index (χ1n) is 5.32. The number of aromatic carboxylic acids is 1. The van der Waals surface area contributed by atoms with E-state index in [4.69, 9.17) is 10.8 Å². The predicted molar refractivity (Wildman–Crippen MR) is 60.7 cm³/mol. The fourth-order valence-corrected chi connectivity index (χ4v) is 1.95. The van der Waals surface area contributed by atoms with Gasteiger partial charge in [0.25, 0.3) is 0 Å². The van der Waals surface area contributed by atoms with Crippen LogP contribution in [0.5, 0.6) is 0 Å². The van der Waals surface area contributed by atoms with Crippen molar-refractivity contribution < 1.29 is 14.7 Å². The Hall–Kier alpha value is -1.95. The fraction of sp³-hybridized carbons (Fsp3) is 0.364. The van der Waals surface area contributed by atoms with Crippen LogP contribution in [0.3, 0.4) is 0 Å². The summed E-state index contributed by atoms with van der Waals surface area (Å²) in [7, 11) is 0. The van der Waals surface area contributed by atoms with E-state index in [2.05, 4.69) is 4.98 Å². The number of anilines is 1. The van der Waals surface area contributed by atoms with Crippen LogP contribution in [0.25, 0.3) is 0 Å². The molecule has 0 aromatic carbocycles. The van der Waals surface area contributed by atoms with Gasteiger partial charge in [-0.15, -0.1) is 0 Å². The Bertz CT molecular complexity index is 461. The maximum atomic E-state index is 11.8. The van der Waals surface area contributed by atoms with Crippen LogP contribution >= 0.6 is 0 Å². The van der Waals surface area contributed by atoms with E-state index < -0.39 is 5.97 Å². The Kier molecular flexibility index (Phi) is 3.06. The third kappa shape index (κ3) is 2.12. The minimum absolute atomic E-state index is 0.0874. The lowest BCUT2D eigenvalue weighted by Gasteiger charge is -2.17. The summed E-state index contributed by atoms with van der Waals surface area (Å²) in [5.41, 5.74) is 5.77. The highest BCUT2D eigenvalue weighted by molar-refractivity contribution is 6.01. The highest BCUT2D eigenvalue weighted by Gasteiger charge is 2.32. The van der Waals surface area contributed by atoms with Crippen molar-refractivity contribution in [3.05, 3.63) is 24.0 Å². The van der Waals surface area contributed by atoms with E-state index in [1.807, 2.05) is 0 Å². The molecule has 2 rings (SSSR count). The monoisotopic (exact) mass is 235 g/mol. The zero-order valence-electron chi connectivity index (χ0n) is 9.17. The summed E-state index contributed by atoms with van der Waals surface area (Å²) in [4.78, 5) is 28.0. The Morgan fingerprint density at radius 2 is 2.41 bits per heavy atom. The first kappa shape index (κ1) is 11.5. The number of hydrogen-bond donors (Lipinski definition) is 2. The zero-order chi connectivity index (χ0) is 12.4. The molecule has 0 spiro atoms. The number of pyridine rings is 1. The molecule has 0 saturated carbocycles. The summed E-state index contributed by atoms with van der Waals surface area (Å²) in [5.74, 6) is -1.15. The summed E-state index contributed by atoms with van der Waals surface area (Å²) in [5, 5.41) is 9.01. The normalized spacial score (nSPS) is 19.7. The maximum absolute atomic E-state index is 11.8. The van der Waals surface area contributed by atoms with E-state index in [9.17, 15) is 9.59 Å². The molecule has 1 aliphatic rings.